The Morgan fingerprint density at radius 2 is 1.53 bits per heavy atom. The Balaban J connectivity index is 2.74. The van der Waals surface area contributed by atoms with Crippen molar-refractivity contribution in [3.8, 4) is 16.9 Å². The summed E-state index contributed by atoms with van der Waals surface area (Å²) in [6, 6.07) is 9.16. The van der Waals surface area contributed by atoms with Crippen LogP contribution in [0.5, 0.6) is 5.75 Å². The maximum absolute atomic E-state index is 13.7. The molecule has 0 amide bonds. The summed E-state index contributed by atoms with van der Waals surface area (Å²) < 4.78 is 57.7. The van der Waals surface area contributed by atoms with Crippen LogP contribution in [0.25, 0.3) is 11.1 Å². The SMILES string of the molecule is COc1cccc(-c2ccccc2F)c1C(F)(F)F. The van der Waals surface area contributed by atoms with E-state index in [4.69, 9.17) is 4.74 Å². The molecule has 0 atom stereocenters. The first-order valence-electron chi connectivity index (χ1n) is 5.44. The van der Waals surface area contributed by atoms with E-state index in [1.807, 2.05) is 0 Å². The van der Waals surface area contributed by atoms with Crippen LogP contribution in [-0.4, -0.2) is 7.11 Å². The van der Waals surface area contributed by atoms with Crippen molar-refractivity contribution < 1.29 is 22.3 Å². The highest BCUT2D eigenvalue weighted by molar-refractivity contribution is 5.71. The fourth-order valence-corrected chi connectivity index (χ4v) is 1.90. The number of halogens is 4. The predicted octanol–water partition coefficient (Wildman–Crippen LogP) is 4.52. The second-order valence-corrected chi connectivity index (χ2v) is 3.86. The Labute approximate surface area is 107 Å². The molecule has 0 bridgehead atoms. The van der Waals surface area contributed by atoms with Gasteiger partial charge in [0.1, 0.15) is 17.1 Å². The summed E-state index contributed by atoms with van der Waals surface area (Å²) in [7, 11) is 1.15. The number of rotatable bonds is 2. The largest absolute Gasteiger partial charge is 0.496 e. The third-order valence-electron chi connectivity index (χ3n) is 2.69. The highest BCUT2D eigenvalue weighted by Gasteiger charge is 2.37. The van der Waals surface area contributed by atoms with E-state index in [0.29, 0.717) is 0 Å². The Bertz CT molecular complexity index is 590. The van der Waals surface area contributed by atoms with E-state index in [0.717, 1.165) is 13.2 Å². The van der Waals surface area contributed by atoms with Crippen molar-refractivity contribution in [2.75, 3.05) is 7.11 Å². The van der Waals surface area contributed by atoms with Crippen molar-refractivity contribution in [1.29, 1.82) is 0 Å². The molecule has 2 aromatic rings. The van der Waals surface area contributed by atoms with Crippen LogP contribution in [-0.2, 0) is 6.18 Å². The second-order valence-electron chi connectivity index (χ2n) is 3.86. The molecule has 0 heterocycles. The van der Waals surface area contributed by atoms with Crippen molar-refractivity contribution in [3.05, 3.63) is 53.8 Å². The molecule has 0 unspecified atom stereocenters. The number of methoxy groups -OCH3 is 1. The van der Waals surface area contributed by atoms with Gasteiger partial charge in [0.15, 0.2) is 0 Å². The molecule has 0 spiro atoms. The molecule has 0 radical (unpaired) electrons. The van der Waals surface area contributed by atoms with Gasteiger partial charge >= 0.3 is 6.18 Å². The normalized spacial score (nSPS) is 11.4. The molecule has 0 fully saturated rings. The molecule has 100 valence electrons. The highest BCUT2D eigenvalue weighted by Crippen LogP contribution is 2.43. The fraction of sp³-hybridized carbons (Fsp3) is 0.143. The zero-order valence-electron chi connectivity index (χ0n) is 9.96. The molecular formula is C14H10F4O. The summed E-state index contributed by atoms with van der Waals surface area (Å²) in [5, 5.41) is 0. The maximum Gasteiger partial charge on any atom is 0.420 e. The average molecular weight is 270 g/mol. The molecule has 1 nitrogen and oxygen atoms in total. The Hall–Kier alpha value is -2.04. The number of hydrogen-bond acceptors (Lipinski definition) is 1. The van der Waals surface area contributed by atoms with Crippen LogP contribution in [0.1, 0.15) is 5.56 Å². The minimum absolute atomic E-state index is 0.103. The molecule has 0 aliphatic carbocycles. The van der Waals surface area contributed by atoms with Crippen molar-refractivity contribution in [2.45, 2.75) is 6.18 Å². The number of alkyl halides is 3. The van der Waals surface area contributed by atoms with Crippen LogP contribution in [0, 0.1) is 5.82 Å². The van der Waals surface area contributed by atoms with Crippen molar-refractivity contribution in [2.24, 2.45) is 0 Å². The van der Waals surface area contributed by atoms with Crippen LogP contribution in [0.3, 0.4) is 0 Å². The Morgan fingerprint density at radius 1 is 0.895 bits per heavy atom. The van der Waals surface area contributed by atoms with Crippen molar-refractivity contribution >= 4 is 0 Å². The summed E-state index contributed by atoms with van der Waals surface area (Å²) >= 11 is 0. The van der Waals surface area contributed by atoms with E-state index in [1.165, 1.54) is 36.4 Å². The lowest BCUT2D eigenvalue weighted by Gasteiger charge is -2.16. The molecule has 19 heavy (non-hydrogen) atoms. The molecule has 0 aliphatic heterocycles. The summed E-state index contributed by atoms with van der Waals surface area (Å²) in [5.74, 6) is -1.03. The van der Waals surface area contributed by atoms with Gasteiger partial charge < -0.3 is 4.74 Å². The van der Waals surface area contributed by atoms with Gasteiger partial charge in [0, 0.05) is 11.1 Å². The van der Waals surface area contributed by atoms with E-state index in [1.54, 1.807) is 0 Å². The van der Waals surface area contributed by atoms with Gasteiger partial charge in [0.05, 0.1) is 7.11 Å². The third-order valence-corrected chi connectivity index (χ3v) is 2.69. The Kier molecular flexibility index (Phi) is 3.46. The van der Waals surface area contributed by atoms with Crippen LogP contribution in [0.2, 0.25) is 0 Å². The molecular weight excluding hydrogens is 260 g/mol. The maximum atomic E-state index is 13.7. The van der Waals surface area contributed by atoms with Gasteiger partial charge in [-0.25, -0.2) is 4.39 Å². The molecule has 5 heteroatoms. The van der Waals surface area contributed by atoms with Gasteiger partial charge in [0.25, 0.3) is 0 Å². The summed E-state index contributed by atoms with van der Waals surface area (Å²) in [5.41, 5.74) is -1.30. The average Bonchev–Trinajstić information content (AvgIpc) is 2.37. The highest BCUT2D eigenvalue weighted by atomic mass is 19.4. The number of hydrogen-bond donors (Lipinski definition) is 0. The van der Waals surface area contributed by atoms with Gasteiger partial charge in [-0.3, -0.25) is 0 Å². The van der Waals surface area contributed by atoms with Gasteiger partial charge in [-0.1, -0.05) is 30.3 Å². The molecule has 0 saturated carbocycles. The van der Waals surface area contributed by atoms with E-state index in [9.17, 15) is 17.6 Å². The summed E-state index contributed by atoms with van der Waals surface area (Å²) in [6.45, 7) is 0. The monoisotopic (exact) mass is 270 g/mol. The molecule has 2 rings (SSSR count). The Morgan fingerprint density at radius 3 is 2.11 bits per heavy atom. The van der Waals surface area contributed by atoms with E-state index >= 15 is 0 Å². The molecule has 2 aromatic carbocycles. The van der Waals surface area contributed by atoms with Crippen LogP contribution >= 0.6 is 0 Å². The van der Waals surface area contributed by atoms with Crippen molar-refractivity contribution in [3.63, 3.8) is 0 Å². The van der Waals surface area contributed by atoms with E-state index in [-0.39, 0.29) is 16.9 Å². The summed E-state index contributed by atoms with van der Waals surface area (Å²) in [4.78, 5) is 0. The topological polar surface area (TPSA) is 9.23 Å². The zero-order valence-corrected chi connectivity index (χ0v) is 9.96. The van der Waals surface area contributed by atoms with Crippen LogP contribution in [0.4, 0.5) is 17.6 Å². The van der Waals surface area contributed by atoms with E-state index in [2.05, 4.69) is 0 Å². The minimum atomic E-state index is -4.62. The van der Waals surface area contributed by atoms with Gasteiger partial charge in [0.2, 0.25) is 0 Å². The quantitative estimate of drug-likeness (QED) is 0.729. The predicted molar refractivity (Wildman–Crippen MR) is 63.4 cm³/mol. The molecule has 0 N–H and O–H groups in total. The second kappa shape index (κ2) is 4.91. The van der Waals surface area contributed by atoms with Gasteiger partial charge in [-0.15, -0.1) is 0 Å². The summed E-state index contributed by atoms with van der Waals surface area (Å²) in [6.07, 6.45) is -4.62. The lowest BCUT2D eigenvalue weighted by Crippen LogP contribution is -2.10. The van der Waals surface area contributed by atoms with Crippen molar-refractivity contribution in [1.82, 2.24) is 0 Å². The number of ether oxygens (including phenoxy) is 1. The number of benzene rings is 2. The van der Waals surface area contributed by atoms with Gasteiger partial charge in [-0.2, -0.15) is 13.2 Å². The van der Waals surface area contributed by atoms with Crippen LogP contribution < -0.4 is 4.74 Å². The van der Waals surface area contributed by atoms with Gasteiger partial charge in [-0.05, 0) is 12.1 Å². The molecule has 0 aromatic heterocycles. The standard InChI is InChI=1S/C14H10F4O/c1-19-12-8-4-6-10(13(12)14(16,17)18)9-5-2-3-7-11(9)15/h2-8H,1H3. The minimum Gasteiger partial charge on any atom is -0.496 e. The first-order valence-corrected chi connectivity index (χ1v) is 5.44. The molecule has 0 aliphatic rings. The first-order chi connectivity index (χ1) is 8.95. The lowest BCUT2D eigenvalue weighted by atomic mass is 9.98. The van der Waals surface area contributed by atoms with Crippen LogP contribution in [0.15, 0.2) is 42.5 Å². The first kappa shape index (κ1) is 13.4. The fourth-order valence-electron chi connectivity index (χ4n) is 1.90. The zero-order chi connectivity index (χ0) is 14.0. The third kappa shape index (κ3) is 2.54. The molecule has 0 saturated heterocycles. The van der Waals surface area contributed by atoms with E-state index < -0.39 is 17.6 Å². The lowest BCUT2D eigenvalue weighted by molar-refractivity contribution is -0.138. The smallest absolute Gasteiger partial charge is 0.420 e.